The molecule has 14 heavy (non-hydrogen) atoms. The molecule has 76 valence electrons. The summed E-state index contributed by atoms with van der Waals surface area (Å²) in [5.74, 6) is 6.28. The van der Waals surface area contributed by atoms with Crippen LogP contribution in [0, 0.1) is 11.8 Å². The fraction of sp³-hybridized carbons (Fsp3) is 0.462. The van der Waals surface area contributed by atoms with Crippen LogP contribution in [0.5, 0.6) is 0 Å². The van der Waals surface area contributed by atoms with Gasteiger partial charge in [0.1, 0.15) is 5.69 Å². The van der Waals surface area contributed by atoms with Crippen LogP contribution in [-0.2, 0) is 0 Å². The Hall–Kier alpha value is -1.29. The van der Waals surface area contributed by atoms with Gasteiger partial charge in [-0.3, -0.25) is 0 Å². The van der Waals surface area contributed by atoms with Crippen LogP contribution in [0.4, 0.5) is 0 Å². The lowest BCUT2D eigenvalue weighted by molar-refractivity contribution is 0.857. The van der Waals surface area contributed by atoms with Crippen LogP contribution in [0.15, 0.2) is 18.3 Å². The van der Waals surface area contributed by atoms with Crippen molar-refractivity contribution in [3.63, 3.8) is 0 Å². The van der Waals surface area contributed by atoms with Crippen LogP contribution >= 0.6 is 0 Å². The highest BCUT2D eigenvalue weighted by atomic mass is 14.7. The van der Waals surface area contributed by atoms with Crippen LogP contribution < -0.4 is 0 Å². The molecule has 1 aromatic heterocycles. The van der Waals surface area contributed by atoms with Gasteiger partial charge in [-0.2, -0.15) is 0 Å². The van der Waals surface area contributed by atoms with Crippen molar-refractivity contribution in [2.24, 2.45) is 0 Å². The van der Waals surface area contributed by atoms with E-state index in [1.807, 2.05) is 33.0 Å². The number of hydrogen-bond acceptors (Lipinski definition) is 1. The van der Waals surface area contributed by atoms with E-state index in [0.717, 1.165) is 5.69 Å². The van der Waals surface area contributed by atoms with Crippen LogP contribution in [0.3, 0.4) is 0 Å². The van der Waals surface area contributed by atoms with E-state index in [1.165, 1.54) is 5.56 Å². The largest absolute Gasteiger partial charge is 0.248 e. The van der Waals surface area contributed by atoms with Crippen LogP contribution in [0.25, 0.3) is 0 Å². The highest BCUT2D eigenvalue weighted by Gasteiger charge is 1.97. The molecule has 0 N–H and O–H groups in total. The van der Waals surface area contributed by atoms with Crippen LogP contribution in [-0.4, -0.2) is 4.98 Å². The van der Waals surface area contributed by atoms with E-state index >= 15 is 0 Å². The molecule has 1 aromatic rings. The molecule has 0 saturated carbocycles. The molecule has 0 amide bonds. The normalized spacial score (nSPS) is 8.43. The average molecular weight is 189 g/mol. The van der Waals surface area contributed by atoms with Gasteiger partial charge in [-0.1, -0.05) is 39.7 Å². The van der Waals surface area contributed by atoms with Crippen molar-refractivity contribution in [3.8, 4) is 11.8 Å². The maximum atomic E-state index is 4.22. The Morgan fingerprint density at radius 3 is 2.21 bits per heavy atom. The van der Waals surface area contributed by atoms with E-state index in [1.54, 1.807) is 0 Å². The molecule has 0 aromatic carbocycles. The Balaban J connectivity index is 0.000000791. The van der Waals surface area contributed by atoms with Crippen LogP contribution in [0.2, 0.25) is 0 Å². The van der Waals surface area contributed by atoms with Crippen molar-refractivity contribution in [1.29, 1.82) is 0 Å². The minimum absolute atomic E-state index is 0.543. The minimum atomic E-state index is 0.543. The standard InChI is InChI=1S/C11H13N.C2H6/c1-4-5-11-7-6-10(8-12-11)9(2)3;1-2/h6-9H,1-3H3;1-2H3. The number of aromatic nitrogens is 1. The average Bonchev–Trinajstić information content (AvgIpc) is 2.22. The Morgan fingerprint density at radius 2 is 1.86 bits per heavy atom. The molecule has 1 heteroatoms. The molecule has 0 saturated heterocycles. The zero-order valence-electron chi connectivity index (χ0n) is 9.76. The van der Waals surface area contributed by atoms with Crippen molar-refractivity contribution in [2.75, 3.05) is 0 Å². The molecule has 0 aliphatic heterocycles. The monoisotopic (exact) mass is 189 g/mol. The van der Waals surface area contributed by atoms with Gasteiger partial charge in [0, 0.05) is 6.20 Å². The van der Waals surface area contributed by atoms with Gasteiger partial charge in [-0.15, -0.1) is 0 Å². The number of rotatable bonds is 1. The van der Waals surface area contributed by atoms with Gasteiger partial charge in [-0.25, -0.2) is 4.98 Å². The first-order valence-electron chi connectivity index (χ1n) is 5.12. The van der Waals surface area contributed by atoms with Gasteiger partial charge in [0.05, 0.1) is 0 Å². The molecule has 1 rings (SSSR count). The summed E-state index contributed by atoms with van der Waals surface area (Å²) in [6.07, 6.45) is 1.89. The lowest BCUT2D eigenvalue weighted by Crippen LogP contribution is -1.89. The van der Waals surface area contributed by atoms with E-state index in [-0.39, 0.29) is 0 Å². The van der Waals surface area contributed by atoms with Crippen molar-refractivity contribution in [3.05, 3.63) is 29.6 Å². The summed E-state index contributed by atoms with van der Waals surface area (Å²) >= 11 is 0. The Morgan fingerprint density at radius 1 is 1.21 bits per heavy atom. The van der Waals surface area contributed by atoms with Gasteiger partial charge in [-0.05, 0) is 30.4 Å². The Labute approximate surface area is 87.6 Å². The zero-order chi connectivity index (χ0) is 11.0. The molecule has 1 nitrogen and oxygen atoms in total. The topological polar surface area (TPSA) is 12.9 Å². The van der Waals surface area contributed by atoms with E-state index < -0.39 is 0 Å². The number of nitrogens with zero attached hydrogens (tertiary/aromatic N) is 1. The molecule has 1 heterocycles. The Kier molecular flexibility index (Phi) is 6.49. The summed E-state index contributed by atoms with van der Waals surface area (Å²) in [4.78, 5) is 4.22. The summed E-state index contributed by atoms with van der Waals surface area (Å²) in [6, 6.07) is 4.04. The predicted molar refractivity (Wildman–Crippen MR) is 62.2 cm³/mol. The predicted octanol–water partition coefficient (Wildman–Crippen LogP) is 3.60. The number of hydrogen-bond donors (Lipinski definition) is 0. The quantitative estimate of drug-likeness (QED) is 0.615. The van der Waals surface area contributed by atoms with Gasteiger partial charge >= 0.3 is 0 Å². The summed E-state index contributed by atoms with van der Waals surface area (Å²) in [7, 11) is 0. The van der Waals surface area contributed by atoms with E-state index in [2.05, 4.69) is 36.7 Å². The second-order valence-electron chi connectivity index (χ2n) is 3.01. The maximum Gasteiger partial charge on any atom is 0.113 e. The first kappa shape index (κ1) is 12.7. The molecule has 0 aliphatic rings. The molecule has 0 spiro atoms. The molecule has 0 aliphatic carbocycles. The molecule has 0 atom stereocenters. The molecular weight excluding hydrogens is 170 g/mol. The summed E-state index contributed by atoms with van der Waals surface area (Å²) < 4.78 is 0. The number of pyridine rings is 1. The van der Waals surface area contributed by atoms with E-state index in [9.17, 15) is 0 Å². The fourth-order valence-electron chi connectivity index (χ4n) is 0.949. The molecular formula is C13H19N. The van der Waals surface area contributed by atoms with Crippen molar-refractivity contribution < 1.29 is 0 Å². The fourth-order valence-corrected chi connectivity index (χ4v) is 0.949. The van der Waals surface area contributed by atoms with Gasteiger partial charge < -0.3 is 0 Å². The van der Waals surface area contributed by atoms with Crippen molar-refractivity contribution in [2.45, 2.75) is 40.5 Å². The minimum Gasteiger partial charge on any atom is -0.248 e. The molecule has 0 radical (unpaired) electrons. The van der Waals surface area contributed by atoms with Crippen LogP contribution in [0.1, 0.15) is 51.8 Å². The third-order valence-electron chi connectivity index (χ3n) is 1.71. The van der Waals surface area contributed by atoms with E-state index in [4.69, 9.17) is 0 Å². The van der Waals surface area contributed by atoms with Crippen molar-refractivity contribution in [1.82, 2.24) is 4.98 Å². The van der Waals surface area contributed by atoms with Gasteiger partial charge in [0.25, 0.3) is 0 Å². The molecule has 0 unspecified atom stereocenters. The summed E-state index contributed by atoms with van der Waals surface area (Å²) in [6.45, 7) is 10.1. The third kappa shape index (κ3) is 4.09. The smallest absolute Gasteiger partial charge is 0.113 e. The first-order valence-corrected chi connectivity index (χ1v) is 5.12. The summed E-state index contributed by atoms with van der Waals surface area (Å²) in [5.41, 5.74) is 2.11. The zero-order valence-corrected chi connectivity index (χ0v) is 9.76. The SMILES string of the molecule is CC.CC#Cc1ccc(C(C)C)cn1. The molecule has 0 bridgehead atoms. The first-order chi connectivity index (χ1) is 6.74. The van der Waals surface area contributed by atoms with E-state index in [0.29, 0.717) is 5.92 Å². The van der Waals surface area contributed by atoms with Gasteiger partial charge in [0.2, 0.25) is 0 Å². The highest BCUT2D eigenvalue weighted by molar-refractivity contribution is 5.29. The Bertz CT molecular complexity index is 298. The lowest BCUT2D eigenvalue weighted by atomic mass is 10.1. The second kappa shape index (κ2) is 7.15. The van der Waals surface area contributed by atoms with Gasteiger partial charge in [0.15, 0.2) is 0 Å². The lowest BCUT2D eigenvalue weighted by Gasteiger charge is -2.02. The second-order valence-corrected chi connectivity index (χ2v) is 3.01. The van der Waals surface area contributed by atoms with Crippen molar-refractivity contribution >= 4 is 0 Å². The highest BCUT2D eigenvalue weighted by Crippen LogP contribution is 2.11. The third-order valence-corrected chi connectivity index (χ3v) is 1.71. The maximum absolute atomic E-state index is 4.22. The molecule has 0 fully saturated rings. The summed E-state index contributed by atoms with van der Waals surface area (Å²) in [5, 5.41) is 0.